The van der Waals surface area contributed by atoms with Crippen LogP contribution in [0.5, 0.6) is 0 Å². The van der Waals surface area contributed by atoms with Crippen molar-refractivity contribution in [3.8, 4) is 12.1 Å². The van der Waals surface area contributed by atoms with Gasteiger partial charge in [0.15, 0.2) is 0 Å². The Hall–Kier alpha value is -5.06. The van der Waals surface area contributed by atoms with Crippen LogP contribution in [0.2, 0.25) is 0 Å². The van der Waals surface area contributed by atoms with Gasteiger partial charge in [-0.05, 0) is 87.6 Å². The topological polar surface area (TPSA) is 118 Å². The molecule has 3 aromatic rings. The summed E-state index contributed by atoms with van der Waals surface area (Å²) in [5.74, 6) is 0.0207. The third kappa shape index (κ3) is 7.98. The summed E-state index contributed by atoms with van der Waals surface area (Å²) in [7, 11) is 0. The second kappa shape index (κ2) is 15.0. The molecule has 2 aliphatic rings. The van der Waals surface area contributed by atoms with Crippen molar-refractivity contribution in [2.75, 3.05) is 68.7 Å². The molecule has 0 atom stereocenters. The molecule has 0 bridgehead atoms. The molecule has 10 heteroatoms. The van der Waals surface area contributed by atoms with Crippen LogP contribution in [0.4, 0.5) is 16.2 Å². The van der Waals surface area contributed by atoms with E-state index in [1.165, 1.54) is 10.5 Å². The van der Waals surface area contributed by atoms with Gasteiger partial charge >= 0.3 is 6.09 Å². The molecule has 256 valence electrons. The summed E-state index contributed by atoms with van der Waals surface area (Å²) in [5.41, 5.74) is 7.48. The lowest BCUT2D eigenvalue weighted by atomic mass is 9.98. The predicted octanol–water partition coefficient (Wildman–Crippen LogP) is 5.65. The number of carboxylic acid groups (broad SMARTS) is 1. The van der Waals surface area contributed by atoms with Gasteiger partial charge in [0, 0.05) is 76.5 Å². The lowest BCUT2D eigenvalue weighted by Crippen LogP contribution is -2.49. The number of hydrogen-bond donors (Lipinski definition) is 1. The van der Waals surface area contributed by atoms with E-state index >= 15 is 0 Å². The number of carbonyl (C=O) groups excluding carboxylic acids is 1. The fourth-order valence-corrected chi connectivity index (χ4v) is 7.04. The van der Waals surface area contributed by atoms with E-state index in [-0.39, 0.29) is 5.91 Å². The van der Waals surface area contributed by atoms with Crippen LogP contribution in [0.1, 0.15) is 64.5 Å². The lowest BCUT2D eigenvalue weighted by Gasteiger charge is -2.38. The summed E-state index contributed by atoms with van der Waals surface area (Å²) in [5, 5.41) is 29.3. The van der Waals surface area contributed by atoms with E-state index < -0.39 is 11.6 Å². The maximum Gasteiger partial charge on any atom is 0.407 e. The van der Waals surface area contributed by atoms with Crippen molar-refractivity contribution in [2.24, 2.45) is 0 Å². The van der Waals surface area contributed by atoms with Crippen LogP contribution in [-0.2, 0) is 13.0 Å². The van der Waals surface area contributed by atoms with Gasteiger partial charge in [0.05, 0.1) is 22.5 Å². The molecule has 2 heterocycles. The molecule has 0 saturated carbocycles. The van der Waals surface area contributed by atoms with E-state index in [0.29, 0.717) is 50.3 Å². The van der Waals surface area contributed by atoms with E-state index in [1.807, 2.05) is 69.0 Å². The minimum atomic E-state index is -0.965. The Balaban J connectivity index is 1.24. The van der Waals surface area contributed by atoms with Crippen molar-refractivity contribution < 1.29 is 14.7 Å². The Morgan fingerprint density at radius 1 is 0.796 bits per heavy atom. The number of anilines is 2. The van der Waals surface area contributed by atoms with Gasteiger partial charge in [0.2, 0.25) is 0 Å². The first-order chi connectivity index (χ1) is 23.4. The van der Waals surface area contributed by atoms with E-state index in [0.717, 1.165) is 66.4 Å². The van der Waals surface area contributed by atoms with E-state index in [2.05, 4.69) is 45.9 Å². The Labute approximate surface area is 290 Å². The van der Waals surface area contributed by atoms with Crippen LogP contribution < -0.4 is 9.80 Å². The standard InChI is InChI=1S/C39H47N7O3/c1-28-23-29(2)34(24-33(28)27-42-15-17-43(18-16-42)35-12-7-6-9-31(35)25-40)37(47)45-21-19-44(20-22-45)36-30(10-8-11-32(36)26-41)13-14-46(38(48)49)39(3,4)5/h6-12,23-24H,13-22,27H2,1-5H3,(H,48,49). The molecular formula is C39H47N7O3. The minimum absolute atomic E-state index is 0.0207. The first-order valence-electron chi connectivity index (χ1n) is 17.0. The first kappa shape index (κ1) is 35.3. The average molecular weight is 662 g/mol. The van der Waals surface area contributed by atoms with Gasteiger partial charge in [-0.3, -0.25) is 9.69 Å². The van der Waals surface area contributed by atoms with Crippen molar-refractivity contribution >= 4 is 23.4 Å². The van der Waals surface area contributed by atoms with Crippen molar-refractivity contribution in [2.45, 2.75) is 53.1 Å². The molecule has 0 aliphatic carbocycles. The van der Waals surface area contributed by atoms with Gasteiger partial charge in [0.1, 0.15) is 12.1 Å². The molecular weight excluding hydrogens is 614 g/mol. The number of nitrogens with zero attached hydrogens (tertiary/aromatic N) is 7. The third-order valence-electron chi connectivity index (χ3n) is 9.81. The molecule has 5 rings (SSSR count). The molecule has 0 radical (unpaired) electrons. The molecule has 2 amide bonds. The van der Waals surface area contributed by atoms with Crippen LogP contribution >= 0.6 is 0 Å². The minimum Gasteiger partial charge on any atom is -0.465 e. The Bertz CT molecular complexity index is 1770. The maximum atomic E-state index is 14.0. The van der Waals surface area contributed by atoms with Gasteiger partial charge in [0.25, 0.3) is 5.91 Å². The van der Waals surface area contributed by atoms with Crippen molar-refractivity contribution in [3.63, 3.8) is 0 Å². The Kier molecular flexibility index (Phi) is 10.8. The number of hydrogen-bond acceptors (Lipinski definition) is 7. The normalized spacial score (nSPS) is 15.4. The van der Waals surface area contributed by atoms with Crippen LogP contribution in [0.25, 0.3) is 0 Å². The quantitative estimate of drug-likeness (QED) is 0.329. The van der Waals surface area contributed by atoms with E-state index in [9.17, 15) is 25.2 Å². The zero-order chi connectivity index (χ0) is 35.3. The fourth-order valence-electron chi connectivity index (χ4n) is 7.04. The molecule has 2 saturated heterocycles. The monoisotopic (exact) mass is 661 g/mol. The van der Waals surface area contributed by atoms with Crippen LogP contribution in [0.3, 0.4) is 0 Å². The number of carbonyl (C=O) groups is 2. The molecule has 3 aromatic carbocycles. The highest BCUT2D eigenvalue weighted by atomic mass is 16.4. The van der Waals surface area contributed by atoms with Crippen molar-refractivity contribution in [1.82, 2.24) is 14.7 Å². The summed E-state index contributed by atoms with van der Waals surface area (Å²) >= 11 is 0. The van der Waals surface area contributed by atoms with Gasteiger partial charge in [-0.15, -0.1) is 0 Å². The summed E-state index contributed by atoms with van der Waals surface area (Å²) in [6.07, 6.45) is -0.478. The predicted molar refractivity (Wildman–Crippen MR) is 192 cm³/mol. The molecule has 10 nitrogen and oxygen atoms in total. The molecule has 0 spiro atoms. The Morgan fingerprint density at radius 2 is 1.43 bits per heavy atom. The molecule has 1 N–H and O–H groups in total. The average Bonchev–Trinajstić information content (AvgIpc) is 3.08. The van der Waals surface area contributed by atoms with Gasteiger partial charge in [-0.1, -0.05) is 30.3 Å². The zero-order valence-corrected chi connectivity index (χ0v) is 29.4. The number of rotatable bonds is 8. The molecule has 49 heavy (non-hydrogen) atoms. The second-order valence-corrected chi connectivity index (χ2v) is 14.0. The third-order valence-corrected chi connectivity index (χ3v) is 9.81. The summed E-state index contributed by atoms with van der Waals surface area (Å²) in [6.45, 7) is 16.4. The highest BCUT2D eigenvalue weighted by Gasteiger charge is 2.29. The lowest BCUT2D eigenvalue weighted by molar-refractivity contribution is 0.0745. The maximum absolute atomic E-state index is 14.0. The largest absolute Gasteiger partial charge is 0.465 e. The molecule has 0 unspecified atom stereocenters. The van der Waals surface area contributed by atoms with Crippen LogP contribution in [-0.4, -0.2) is 96.2 Å². The molecule has 0 aromatic heterocycles. The molecule has 2 aliphatic heterocycles. The van der Waals surface area contributed by atoms with Crippen molar-refractivity contribution in [3.05, 3.63) is 93.5 Å². The van der Waals surface area contributed by atoms with E-state index in [4.69, 9.17) is 0 Å². The van der Waals surface area contributed by atoms with E-state index in [1.54, 1.807) is 6.07 Å². The van der Waals surface area contributed by atoms with Gasteiger partial charge in [-0.2, -0.15) is 10.5 Å². The van der Waals surface area contributed by atoms with Crippen molar-refractivity contribution in [1.29, 1.82) is 10.5 Å². The number of piperazine rings is 2. The Morgan fingerprint density at radius 3 is 2.06 bits per heavy atom. The number of benzene rings is 3. The first-order valence-corrected chi connectivity index (χ1v) is 17.0. The summed E-state index contributed by atoms with van der Waals surface area (Å²) in [4.78, 5) is 36.1. The van der Waals surface area contributed by atoms with Crippen LogP contribution in [0.15, 0.2) is 54.6 Å². The smallest absolute Gasteiger partial charge is 0.407 e. The molecule has 2 fully saturated rings. The highest BCUT2D eigenvalue weighted by Crippen LogP contribution is 2.29. The SMILES string of the molecule is Cc1cc(C)c(C(=O)N2CCN(c3c(C#N)cccc3CCN(C(=O)O)C(C)(C)C)CC2)cc1CN1CCN(c2ccccc2C#N)CC1. The number of aryl methyl sites for hydroxylation is 2. The summed E-state index contributed by atoms with van der Waals surface area (Å²) < 4.78 is 0. The highest BCUT2D eigenvalue weighted by molar-refractivity contribution is 5.96. The van der Waals surface area contributed by atoms with Gasteiger partial charge < -0.3 is 24.7 Å². The summed E-state index contributed by atoms with van der Waals surface area (Å²) in [6, 6.07) is 22.2. The number of amides is 2. The zero-order valence-electron chi connectivity index (χ0n) is 29.4. The number of para-hydroxylation sites is 2. The number of nitriles is 2. The van der Waals surface area contributed by atoms with Gasteiger partial charge in [-0.25, -0.2) is 4.79 Å². The fraction of sp³-hybridized carbons (Fsp3) is 0.436. The van der Waals surface area contributed by atoms with Crippen LogP contribution in [0, 0.1) is 36.5 Å². The second-order valence-electron chi connectivity index (χ2n) is 14.0.